The third-order valence-electron chi connectivity index (χ3n) is 5.56. The van der Waals surface area contributed by atoms with Crippen LogP contribution in [0.4, 0.5) is 0 Å². The Morgan fingerprint density at radius 1 is 1.14 bits per heavy atom. The summed E-state index contributed by atoms with van der Waals surface area (Å²) in [7, 11) is 5.09. The van der Waals surface area contributed by atoms with Gasteiger partial charge in [-0.25, -0.2) is 0 Å². The molecule has 2 aromatic carbocycles. The normalized spacial score (nSPS) is 16.6. The van der Waals surface area contributed by atoms with Crippen LogP contribution >= 0.6 is 0 Å². The molecular weight excluding hydrogens is 448 g/mol. The number of carbonyl (C=O) groups is 2. The Kier molecular flexibility index (Phi) is 7.51. The van der Waals surface area contributed by atoms with Gasteiger partial charge in [0.25, 0.3) is 5.91 Å². The molecule has 0 spiro atoms. The topological polar surface area (TPSA) is 113 Å². The van der Waals surface area contributed by atoms with E-state index in [0.29, 0.717) is 30.1 Å². The van der Waals surface area contributed by atoms with E-state index in [1.807, 2.05) is 68.7 Å². The first-order valence-corrected chi connectivity index (χ1v) is 11.2. The summed E-state index contributed by atoms with van der Waals surface area (Å²) in [4.78, 5) is 38.1. The second-order valence-corrected chi connectivity index (χ2v) is 8.50. The highest BCUT2D eigenvalue weighted by Crippen LogP contribution is 2.31. The fourth-order valence-electron chi connectivity index (χ4n) is 3.94. The lowest BCUT2D eigenvalue weighted by atomic mass is 10.0. The van der Waals surface area contributed by atoms with E-state index in [4.69, 9.17) is 9.36 Å². The van der Waals surface area contributed by atoms with Crippen molar-refractivity contribution in [1.29, 1.82) is 0 Å². The molecule has 1 N–H and O–H groups in total. The molecule has 1 aromatic heterocycles. The predicted octanol–water partition coefficient (Wildman–Crippen LogP) is 2.50. The number of oxime groups is 1. The van der Waals surface area contributed by atoms with Gasteiger partial charge in [0.15, 0.2) is 5.82 Å². The molecule has 0 radical (unpaired) electrons. The molecule has 182 valence electrons. The highest BCUT2D eigenvalue weighted by Gasteiger charge is 2.38. The van der Waals surface area contributed by atoms with Crippen molar-refractivity contribution in [2.45, 2.75) is 19.0 Å². The van der Waals surface area contributed by atoms with Crippen LogP contribution in [0, 0.1) is 0 Å². The molecule has 1 fully saturated rings. The van der Waals surface area contributed by atoms with Gasteiger partial charge in [-0.2, -0.15) is 4.98 Å². The second kappa shape index (κ2) is 10.9. The van der Waals surface area contributed by atoms with Crippen molar-refractivity contribution in [3.63, 3.8) is 0 Å². The van der Waals surface area contributed by atoms with Crippen LogP contribution in [0.25, 0.3) is 11.1 Å². The maximum atomic E-state index is 13.4. The zero-order valence-corrected chi connectivity index (χ0v) is 20.0. The maximum absolute atomic E-state index is 13.4. The molecule has 0 bridgehead atoms. The Labute approximate surface area is 203 Å². The summed E-state index contributed by atoms with van der Waals surface area (Å²) in [5.41, 5.74) is 3.36. The van der Waals surface area contributed by atoms with Crippen LogP contribution in [0.3, 0.4) is 0 Å². The molecule has 10 heteroatoms. The number of benzene rings is 2. The number of aromatic nitrogens is 2. The zero-order valence-electron chi connectivity index (χ0n) is 20.0. The largest absolute Gasteiger partial charge is 0.399 e. The highest BCUT2D eigenvalue weighted by molar-refractivity contribution is 6.00. The molecule has 1 atom stereocenters. The predicted molar refractivity (Wildman–Crippen MR) is 129 cm³/mol. The summed E-state index contributed by atoms with van der Waals surface area (Å²) < 4.78 is 5.33. The van der Waals surface area contributed by atoms with Crippen LogP contribution in [0.1, 0.15) is 34.5 Å². The summed E-state index contributed by atoms with van der Waals surface area (Å²) in [5.74, 6) is 0.309. The first-order chi connectivity index (χ1) is 16.9. The molecule has 1 saturated heterocycles. The number of rotatable bonds is 8. The molecule has 1 aliphatic heterocycles. The lowest BCUT2D eigenvalue weighted by molar-refractivity contribution is -0.121. The standard InChI is InChI=1S/C25H28N6O4/c1-30(2)16-22(32)26-14-23-27-24(29-35-23)21-13-20(28-34-3)15-31(21)25(33)19-11-9-18(10-12-19)17-7-5-4-6-8-17/h4-12,21H,13-16H2,1-3H3,(H,26,32)/t21-/m0/s1. The Morgan fingerprint density at radius 2 is 1.86 bits per heavy atom. The number of hydrogen-bond donors (Lipinski definition) is 1. The Hall–Kier alpha value is -4.05. The lowest BCUT2D eigenvalue weighted by Crippen LogP contribution is -2.33. The minimum absolute atomic E-state index is 0.111. The van der Waals surface area contributed by atoms with Gasteiger partial charge in [0.1, 0.15) is 13.2 Å². The van der Waals surface area contributed by atoms with Crippen molar-refractivity contribution in [2.24, 2.45) is 5.16 Å². The van der Waals surface area contributed by atoms with Crippen LogP contribution in [0.5, 0.6) is 0 Å². The molecule has 2 heterocycles. The highest BCUT2D eigenvalue weighted by atomic mass is 16.6. The lowest BCUT2D eigenvalue weighted by Gasteiger charge is -2.21. The third kappa shape index (κ3) is 5.90. The smallest absolute Gasteiger partial charge is 0.254 e. The molecular formula is C25H28N6O4. The second-order valence-electron chi connectivity index (χ2n) is 8.50. The van der Waals surface area contributed by atoms with Gasteiger partial charge in [-0.1, -0.05) is 52.8 Å². The number of nitrogens with one attached hydrogen (secondary N) is 1. The summed E-state index contributed by atoms with van der Waals surface area (Å²) in [6, 6.07) is 17.0. The quantitative estimate of drug-likeness (QED) is 0.497. The van der Waals surface area contributed by atoms with Gasteiger partial charge in [0, 0.05) is 12.0 Å². The Morgan fingerprint density at radius 3 is 2.54 bits per heavy atom. The van der Waals surface area contributed by atoms with Crippen molar-refractivity contribution in [3.8, 4) is 11.1 Å². The molecule has 35 heavy (non-hydrogen) atoms. The van der Waals surface area contributed by atoms with E-state index < -0.39 is 6.04 Å². The maximum Gasteiger partial charge on any atom is 0.254 e. The van der Waals surface area contributed by atoms with E-state index in [9.17, 15) is 9.59 Å². The average Bonchev–Trinajstić information content (AvgIpc) is 3.50. The van der Waals surface area contributed by atoms with Gasteiger partial charge in [-0.05, 0) is 37.4 Å². The van der Waals surface area contributed by atoms with E-state index in [0.717, 1.165) is 11.1 Å². The summed E-state index contributed by atoms with van der Waals surface area (Å²) in [6.45, 7) is 0.660. The fourth-order valence-corrected chi connectivity index (χ4v) is 3.94. The van der Waals surface area contributed by atoms with Crippen LogP contribution in [0.15, 0.2) is 64.3 Å². The summed E-state index contributed by atoms with van der Waals surface area (Å²) in [6.07, 6.45) is 0.424. The molecule has 3 aromatic rings. The number of likely N-dealkylation sites (tertiary alicyclic amines) is 1. The third-order valence-corrected chi connectivity index (χ3v) is 5.56. The Bertz CT molecular complexity index is 1190. The minimum Gasteiger partial charge on any atom is -0.399 e. The SMILES string of the molecule is CON=C1C[C@@H](c2noc(CNC(=O)CN(C)C)n2)N(C(=O)c2ccc(-c3ccccc3)cc2)C1. The van der Waals surface area contributed by atoms with Crippen LogP contribution in [-0.4, -0.2) is 71.8 Å². The van der Waals surface area contributed by atoms with E-state index >= 15 is 0 Å². The fraction of sp³-hybridized carbons (Fsp3) is 0.320. The summed E-state index contributed by atoms with van der Waals surface area (Å²) in [5, 5.41) is 10.9. The minimum atomic E-state index is -0.458. The summed E-state index contributed by atoms with van der Waals surface area (Å²) >= 11 is 0. The first-order valence-electron chi connectivity index (χ1n) is 11.2. The molecule has 0 aliphatic carbocycles. The van der Waals surface area contributed by atoms with Crippen LogP contribution in [0.2, 0.25) is 0 Å². The first kappa shape index (κ1) is 24.1. The van der Waals surface area contributed by atoms with Gasteiger partial charge < -0.3 is 24.5 Å². The molecule has 4 rings (SSSR count). The van der Waals surface area contributed by atoms with Gasteiger partial charge in [0.2, 0.25) is 11.8 Å². The van der Waals surface area contributed by atoms with Crippen molar-refractivity contribution in [2.75, 3.05) is 34.3 Å². The molecule has 10 nitrogen and oxygen atoms in total. The van der Waals surface area contributed by atoms with E-state index in [2.05, 4.69) is 20.6 Å². The number of carbonyl (C=O) groups excluding carboxylic acids is 2. The van der Waals surface area contributed by atoms with E-state index in [1.54, 1.807) is 9.80 Å². The molecule has 2 amide bonds. The van der Waals surface area contributed by atoms with Crippen LogP contribution < -0.4 is 5.32 Å². The van der Waals surface area contributed by atoms with Gasteiger partial charge >= 0.3 is 0 Å². The van der Waals surface area contributed by atoms with Crippen molar-refractivity contribution in [1.82, 2.24) is 25.3 Å². The van der Waals surface area contributed by atoms with Gasteiger partial charge in [-0.3, -0.25) is 9.59 Å². The number of hydrogen-bond acceptors (Lipinski definition) is 8. The van der Waals surface area contributed by atoms with Gasteiger partial charge in [0.05, 0.1) is 25.3 Å². The van der Waals surface area contributed by atoms with Crippen LogP contribution in [-0.2, 0) is 16.2 Å². The van der Waals surface area contributed by atoms with Crippen molar-refractivity contribution >= 4 is 17.5 Å². The Balaban J connectivity index is 1.50. The van der Waals surface area contributed by atoms with Gasteiger partial charge in [-0.15, -0.1) is 0 Å². The van der Waals surface area contributed by atoms with Crippen molar-refractivity contribution in [3.05, 3.63) is 71.9 Å². The molecule has 1 aliphatic rings. The molecule has 0 saturated carbocycles. The monoisotopic (exact) mass is 476 g/mol. The van der Waals surface area contributed by atoms with Crippen molar-refractivity contribution < 1.29 is 18.9 Å². The number of likely N-dealkylation sites (N-methyl/N-ethyl adjacent to an activating group) is 1. The number of nitrogens with zero attached hydrogens (tertiary/aromatic N) is 5. The zero-order chi connectivity index (χ0) is 24.8. The molecule has 0 unspecified atom stereocenters. The number of amides is 2. The average molecular weight is 477 g/mol. The van der Waals surface area contributed by atoms with E-state index in [-0.39, 0.29) is 30.8 Å². The van der Waals surface area contributed by atoms with E-state index in [1.165, 1.54) is 7.11 Å².